The number of anilines is 1. The van der Waals surface area contributed by atoms with Gasteiger partial charge < -0.3 is 23.5 Å². The summed E-state index contributed by atoms with van der Waals surface area (Å²) in [6.07, 6.45) is 2.23. The molecule has 8 heteroatoms. The Morgan fingerprint density at radius 2 is 2.00 bits per heavy atom. The van der Waals surface area contributed by atoms with Crippen LogP contribution in [0.3, 0.4) is 0 Å². The Labute approximate surface area is 180 Å². The second kappa shape index (κ2) is 9.34. The second-order valence-corrected chi connectivity index (χ2v) is 7.56. The van der Waals surface area contributed by atoms with Gasteiger partial charge in [0.15, 0.2) is 5.76 Å². The van der Waals surface area contributed by atoms with E-state index in [1.807, 2.05) is 18.7 Å². The van der Waals surface area contributed by atoms with Crippen LogP contribution in [0.15, 0.2) is 51.6 Å². The molecule has 1 aliphatic rings. The number of amides is 1. The molecular weight excluding hydrogens is 401 g/mol. The fraction of sp³-hybridized carbons (Fsp3) is 0.391. The van der Waals surface area contributed by atoms with Crippen molar-refractivity contribution in [1.29, 1.82) is 0 Å². The summed E-state index contributed by atoms with van der Waals surface area (Å²) in [4.78, 5) is 17.0. The maximum Gasteiger partial charge on any atom is 0.290 e. The first kappa shape index (κ1) is 21.1. The monoisotopic (exact) mass is 427 g/mol. The van der Waals surface area contributed by atoms with E-state index < -0.39 is 5.82 Å². The lowest BCUT2D eigenvalue weighted by Crippen LogP contribution is -2.39. The molecule has 1 aliphatic heterocycles. The molecule has 31 heavy (non-hydrogen) atoms. The number of ether oxygens (including phenoxy) is 1. The third-order valence-electron chi connectivity index (χ3n) is 5.64. The average Bonchev–Trinajstić information content (AvgIpc) is 3.48. The van der Waals surface area contributed by atoms with Crippen LogP contribution >= 0.6 is 0 Å². The van der Waals surface area contributed by atoms with E-state index in [1.54, 1.807) is 35.2 Å². The summed E-state index contributed by atoms with van der Waals surface area (Å²) in [5, 5.41) is 4.22. The van der Waals surface area contributed by atoms with E-state index >= 15 is 0 Å². The molecule has 1 fully saturated rings. The first-order chi connectivity index (χ1) is 15.1. The molecule has 0 radical (unpaired) electrons. The highest BCUT2D eigenvalue weighted by molar-refractivity contribution is 5.92. The third-order valence-corrected chi connectivity index (χ3v) is 5.64. The molecule has 0 N–H and O–H groups in total. The third kappa shape index (κ3) is 4.34. The average molecular weight is 427 g/mol. The number of halogens is 1. The molecule has 3 aromatic rings. The van der Waals surface area contributed by atoms with Gasteiger partial charge in [-0.25, -0.2) is 4.39 Å². The van der Waals surface area contributed by atoms with Gasteiger partial charge in [0.05, 0.1) is 31.6 Å². The van der Waals surface area contributed by atoms with Crippen molar-refractivity contribution in [1.82, 2.24) is 10.1 Å². The number of benzene rings is 1. The lowest BCUT2D eigenvalue weighted by Gasteiger charge is -2.30. The quantitative estimate of drug-likeness (QED) is 0.558. The number of morpholine rings is 1. The van der Waals surface area contributed by atoms with Gasteiger partial charge in [0.2, 0.25) is 5.88 Å². The van der Waals surface area contributed by atoms with Crippen molar-refractivity contribution in [3.8, 4) is 11.3 Å². The van der Waals surface area contributed by atoms with E-state index in [9.17, 15) is 9.18 Å². The molecule has 0 spiro atoms. The molecule has 2 aromatic heterocycles. The molecule has 0 aliphatic carbocycles. The van der Waals surface area contributed by atoms with E-state index in [0.717, 1.165) is 6.42 Å². The number of carbonyl (C=O) groups is 1. The van der Waals surface area contributed by atoms with Gasteiger partial charge in [0.1, 0.15) is 11.5 Å². The van der Waals surface area contributed by atoms with Crippen LogP contribution in [-0.4, -0.2) is 48.3 Å². The van der Waals surface area contributed by atoms with Gasteiger partial charge in [0, 0.05) is 24.7 Å². The van der Waals surface area contributed by atoms with Crippen molar-refractivity contribution < 1.29 is 22.9 Å². The minimum absolute atomic E-state index is 0.0708. The molecular formula is C23H26FN3O4. The van der Waals surface area contributed by atoms with Crippen LogP contribution in [0, 0.1) is 5.82 Å². The molecule has 0 unspecified atom stereocenters. The maximum absolute atomic E-state index is 14.6. The predicted octanol–water partition coefficient (Wildman–Crippen LogP) is 4.35. The number of nitrogens with zero attached hydrogens (tertiary/aromatic N) is 3. The van der Waals surface area contributed by atoms with Crippen molar-refractivity contribution in [2.75, 3.05) is 31.2 Å². The highest BCUT2D eigenvalue weighted by atomic mass is 19.1. The van der Waals surface area contributed by atoms with E-state index in [0.29, 0.717) is 49.0 Å². The van der Waals surface area contributed by atoms with Crippen molar-refractivity contribution in [3.05, 3.63) is 59.8 Å². The van der Waals surface area contributed by atoms with Crippen molar-refractivity contribution in [3.63, 3.8) is 0 Å². The van der Waals surface area contributed by atoms with Crippen LogP contribution in [0.1, 0.15) is 36.4 Å². The summed E-state index contributed by atoms with van der Waals surface area (Å²) in [7, 11) is 0. The van der Waals surface area contributed by atoms with Crippen molar-refractivity contribution >= 4 is 11.8 Å². The molecule has 164 valence electrons. The molecule has 7 nitrogen and oxygen atoms in total. The smallest absolute Gasteiger partial charge is 0.290 e. The predicted molar refractivity (Wildman–Crippen MR) is 113 cm³/mol. The van der Waals surface area contributed by atoms with Gasteiger partial charge in [0.25, 0.3) is 5.91 Å². The summed E-state index contributed by atoms with van der Waals surface area (Å²) in [6, 6.07) is 9.71. The van der Waals surface area contributed by atoms with E-state index in [4.69, 9.17) is 13.7 Å². The number of carbonyl (C=O) groups excluding carboxylic acids is 1. The van der Waals surface area contributed by atoms with Gasteiger partial charge in [-0.15, -0.1) is 0 Å². The molecule has 0 saturated carbocycles. The van der Waals surface area contributed by atoms with Gasteiger partial charge in [-0.2, -0.15) is 0 Å². The molecule has 0 bridgehead atoms. The zero-order valence-electron chi connectivity index (χ0n) is 17.7. The highest BCUT2D eigenvalue weighted by Gasteiger charge is 2.30. The summed E-state index contributed by atoms with van der Waals surface area (Å²) in [5.41, 5.74) is 1.42. The zero-order valence-corrected chi connectivity index (χ0v) is 17.7. The minimum atomic E-state index is -0.391. The van der Waals surface area contributed by atoms with E-state index in [2.05, 4.69) is 5.16 Å². The van der Waals surface area contributed by atoms with Crippen LogP contribution in [-0.2, 0) is 11.3 Å². The summed E-state index contributed by atoms with van der Waals surface area (Å²) in [6.45, 7) is 6.61. The van der Waals surface area contributed by atoms with Crippen molar-refractivity contribution in [2.24, 2.45) is 0 Å². The van der Waals surface area contributed by atoms with Gasteiger partial charge in [-0.05, 0) is 37.6 Å². The summed E-state index contributed by atoms with van der Waals surface area (Å²) >= 11 is 0. The SMILES string of the molecule is CC[C@H](C)N(Cc1c(-c2ccccc2F)noc1N1CCOCC1)C(=O)c1ccco1. The number of furan rings is 1. The van der Waals surface area contributed by atoms with Crippen LogP contribution in [0.25, 0.3) is 11.3 Å². The lowest BCUT2D eigenvalue weighted by atomic mass is 10.0. The first-order valence-electron chi connectivity index (χ1n) is 10.5. The number of hydrogen-bond acceptors (Lipinski definition) is 6. The van der Waals surface area contributed by atoms with Gasteiger partial charge in [-0.3, -0.25) is 4.79 Å². The Morgan fingerprint density at radius 1 is 1.23 bits per heavy atom. The first-order valence-corrected chi connectivity index (χ1v) is 10.5. The Kier molecular flexibility index (Phi) is 6.36. The Balaban J connectivity index is 1.77. The fourth-order valence-corrected chi connectivity index (χ4v) is 3.68. The zero-order chi connectivity index (χ0) is 21.8. The van der Waals surface area contributed by atoms with Gasteiger partial charge in [-0.1, -0.05) is 24.2 Å². The summed E-state index contributed by atoms with van der Waals surface area (Å²) in [5.74, 6) is 0.185. The topological polar surface area (TPSA) is 72.0 Å². The lowest BCUT2D eigenvalue weighted by molar-refractivity contribution is 0.0638. The minimum Gasteiger partial charge on any atom is -0.459 e. The van der Waals surface area contributed by atoms with Gasteiger partial charge >= 0.3 is 0 Å². The van der Waals surface area contributed by atoms with Crippen LogP contribution in [0.5, 0.6) is 0 Å². The molecule has 1 aromatic carbocycles. The summed E-state index contributed by atoms with van der Waals surface area (Å²) < 4.78 is 31.2. The van der Waals surface area contributed by atoms with Crippen molar-refractivity contribution in [2.45, 2.75) is 32.9 Å². The molecule has 1 atom stereocenters. The standard InChI is InChI=1S/C23H26FN3O4/c1-3-16(2)27(22(28)20-9-6-12-30-20)15-18-21(17-7-4-5-8-19(17)24)25-31-23(18)26-10-13-29-14-11-26/h4-9,12,16H,3,10-11,13-15H2,1-2H3/t16-/m0/s1. The highest BCUT2D eigenvalue weighted by Crippen LogP contribution is 2.35. The van der Waals surface area contributed by atoms with Crippen LogP contribution in [0.2, 0.25) is 0 Å². The largest absolute Gasteiger partial charge is 0.459 e. The molecule has 1 amide bonds. The normalized spacial score (nSPS) is 15.1. The number of aromatic nitrogens is 1. The second-order valence-electron chi connectivity index (χ2n) is 7.56. The fourth-order valence-electron chi connectivity index (χ4n) is 3.68. The number of hydrogen-bond donors (Lipinski definition) is 0. The van der Waals surface area contributed by atoms with Crippen LogP contribution < -0.4 is 4.90 Å². The Bertz CT molecular complexity index is 1010. The Morgan fingerprint density at radius 3 is 2.68 bits per heavy atom. The Hall–Kier alpha value is -3.13. The molecule has 4 rings (SSSR count). The van der Waals surface area contributed by atoms with E-state index in [-0.39, 0.29) is 24.3 Å². The molecule has 3 heterocycles. The van der Waals surface area contributed by atoms with E-state index in [1.165, 1.54) is 12.3 Å². The number of rotatable bonds is 7. The maximum atomic E-state index is 14.6. The van der Waals surface area contributed by atoms with Crippen LogP contribution in [0.4, 0.5) is 10.3 Å². The molecule has 1 saturated heterocycles.